The summed E-state index contributed by atoms with van der Waals surface area (Å²) in [6.07, 6.45) is 7.53. The summed E-state index contributed by atoms with van der Waals surface area (Å²) < 4.78 is 29.9. The summed E-state index contributed by atoms with van der Waals surface area (Å²) in [4.78, 5) is 0.575. The fourth-order valence-electron chi connectivity index (χ4n) is 1.71. The molecule has 0 fully saturated rings. The molecular weight excluding hydrogens is 272 g/mol. The average molecular weight is 294 g/mol. The standard InChI is InChI=1S/C16H22O3S/c1-4-5-6-7-8-16(13-19-3)20(17,18)15-11-9-14(2)10-12-15/h6-7,9-13H,4-5,8H2,1-3H3/b7-6+,16-13-. The first kappa shape index (κ1) is 16.5. The molecule has 4 heteroatoms. The molecule has 0 heterocycles. The van der Waals surface area contributed by atoms with E-state index in [0.29, 0.717) is 11.3 Å². The lowest BCUT2D eigenvalue weighted by Crippen LogP contribution is -2.05. The molecule has 0 N–H and O–H groups in total. The average Bonchev–Trinajstić information content (AvgIpc) is 2.42. The van der Waals surface area contributed by atoms with Gasteiger partial charge in [-0.3, -0.25) is 0 Å². The minimum atomic E-state index is -3.48. The SMILES string of the molecule is CCC/C=C/C/C(=C/OC)S(=O)(=O)c1ccc(C)cc1. The van der Waals surface area contributed by atoms with Gasteiger partial charge in [0.1, 0.15) is 0 Å². The maximum absolute atomic E-state index is 12.5. The van der Waals surface area contributed by atoms with Crippen LogP contribution in [0.4, 0.5) is 0 Å². The molecule has 0 saturated carbocycles. The number of hydrogen-bond acceptors (Lipinski definition) is 3. The lowest BCUT2D eigenvalue weighted by Gasteiger charge is -2.07. The number of hydrogen-bond donors (Lipinski definition) is 0. The fourth-order valence-corrected chi connectivity index (χ4v) is 3.04. The molecule has 110 valence electrons. The molecule has 0 aliphatic rings. The fraction of sp³-hybridized carbons (Fsp3) is 0.375. The number of sulfone groups is 1. The molecule has 0 bridgehead atoms. The first-order valence-corrected chi connectivity index (χ1v) is 8.19. The second-order valence-electron chi connectivity index (χ2n) is 4.60. The molecule has 1 aromatic rings. The van der Waals surface area contributed by atoms with Gasteiger partial charge in [-0.05, 0) is 25.5 Å². The second-order valence-corrected chi connectivity index (χ2v) is 6.60. The monoisotopic (exact) mass is 294 g/mol. The molecule has 0 spiro atoms. The van der Waals surface area contributed by atoms with Gasteiger partial charge in [0.05, 0.1) is 23.2 Å². The lowest BCUT2D eigenvalue weighted by atomic mass is 10.2. The number of allylic oxidation sites excluding steroid dienone is 3. The molecule has 20 heavy (non-hydrogen) atoms. The van der Waals surface area contributed by atoms with Crippen LogP contribution in [-0.4, -0.2) is 15.5 Å². The molecule has 1 aromatic carbocycles. The van der Waals surface area contributed by atoms with Crippen molar-refractivity contribution in [3.63, 3.8) is 0 Å². The van der Waals surface area contributed by atoms with Crippen molar-refractivity contribution in [1.82, 2.24) is 0 Å². The quantitative estimate of drug-likeness (QED) is 0.564. The van der Waals surface area contributed by atoms with Gasteiger partial charge in [-0.25, -0.2) is 8.42 Å². The minimum Gasteiger partial charge on any atom is -0.503 e. The summed E-state index contributed by atoms with van der Waals surface area (Å²) in [6.45, 7) is 4.01. The first-order chi connectivity index (χ1) is 9.52. The van der Waals surface area contributed by atoms with E-state index in [2.05, 4.69) is 6.92 Å². The van der Waals surface area contributed by atoms with Crippen LogP contribution in [0.25, 0.3) is 0 Å². The van der Waals surface area contributed by atoms with E-state index in [9.17, 15) is 8.42 Å². The summed E-state index contributed by atoms with van der Waals surface area (Å²) in [5.74, 6) is 0. The van der Waals surface area contributed by atoms with E-state index in [4.69, 9.17) is 4.74 Å². The molecule has 0 radical (unpaired) electrons. The molecule has 0 saturated heterocycles. The van der Waals surface area contributed by atoms with Crippen molar-refractivity contribution < 1.29 is 13.2 Å². The van der Waals surface area contributed by atoms with E-state index in [0.717, 1.165) is 18.4 Å². The topological polar surface area (TPSA) is 43.4 Å². The Morgan fingerprint density at radius 1 is 1.20 bits per heavy atom. The Morgan fingerprint density at radius 3 is 2.40 bits per heavy atom. The van der Waals surface area contributed by atoms with Gasteiger partial charge >= 0.3 is 0 Å². The summed E-state index contributed by atoms with van der Waals surface area (Å²) >= 11 is 0. The van der Waals surface area contributed by atoms with Crippen molar-refractivity contribution >= 4 is 9.84 Å². The van der Waals surface area contributed by atoms with Crippen molar-refractivity contribution in [2.24, 2.45) is 0 Å². The van der Waals surface area contributed by atoms with Gasteiger partial charge in [-0.15, -0.1) is 0 Å². The predicted octanol–water partition coefficient (Wildman–Crippen LogP) is 4.00. The van der Waals surface area contributed by atoms with Gasteiger partial charge in [-0.1, -0.05) is 43.2 Å². The highest BCUT2D eigenvalue weighted by Crippen LogP contribution is 2.22. The minimum absolute atomic E-state index is 0.274. The highest BCUT2D eigenvalue weighted by Gasteiger charge is 2.19. The highest BCUT2D eigenvalue weighted by atomic mass is 32.2. The van der Waals surface area contributed by atoms with Gasteiger partial charge in [0.25, 0.3) is 0 Å². The van der Waals surface area contributed by atoms with Gasteiger partial charge in [0.15, 0.2) is 0 Å². The third-order valence-corrected chi connectivity index (χ3v) is 4.71. The van der Waals surface area contributed by atoms with E-state index in [1.165, 1.54) is 13.4 Å². The summed E-state index contributed by atoms with van der Waals surface area (Å²) in [6, 6.07) is 6.85. The number of benzene rings is 1. The zero-order valence-corrected chi connectivity index (χ0v) is 13.1. The smallest absolute Gasteiger partial charge is 0.206 e. The molecule has 0 aliphatic heterocycles. The Morgan fingerprint density at radius 2 is 1.85 bits per heavy atom. The molecule has 3 nitrogen and oxygen atoms in total. The first-order valence-electron chi connectivity index (χ1n) is 6.71. The Hall–Kier alpha value is -1.55. The summed E-state index contributed by atoms with van der Waals surface area (Å²) in [5.41, 5.74) is 1.03. The number of aryl methyl sites for hydroxylation is 1. The Labute approximate surface area is 121 Å². The summed E-state index contributed by atoms with van der Waals surface area (Å²) in [7, 11) is -2.02. The van der Waals surface area contributed by atoms with Crippen LogP contribution in [0.3, 0.4) is 0 Å². The zero-order valence-electron chi connectivity index (χ0n) is 12.3. The van der Waals surface area contributed by atoms with Crippen molar-refractivity contribution in [3.05, 3.63) is 53.1 Å². The molecule has 0 atom stereocenters. The van der Waals surface area contributed by atoms with E-state index in [1.54, 1.807) is 24.3 Å². The van der Waals surface area contributed by atoms with Gasteiger partial charge in [0, 0.05) is 6.42 Å². The van der Waals surface area contributed by atoms with Crippen LogP contribution < -0.4 is 0 Å². The molecule has 0 aromatic heterocycles. The number of ether oxygens (including phenoxy) is 1. The summed E-state index contributed by atoms with van der Waals surface area (Å²) in [5, 5.41) is 0. The maximum Gasteiger partial charge on any atom is 0.206 e. The van der Waals surface area contributed by atoms with E-state index in [1.807, 2.05) is 19.1 Å². The van der Waals surface area contributed by atoms with Crippen LogP contribution in [0.2, 0.25) is 0 Å². The van der Waals surface area contributed by atoms with Crippen molar-refractivity contribution in [1.29, 1.82) is 0 Å². The highest BCUT2D eigenvalue weighted by molar-refractivity contribution is 7.95. The predicted molar refractivity (Wildman–Crippen MR) is 82.1 cm³/mol. The van der Waals surface area contributed by atoms with Crippen LogP contribution in [0.1, 0.15) is 31.7 Å². The Bertz CT molecular complexity index is 566. The van der Waals surface area contributed by atoms with Gasteiger partial charge < -0.3 is 4.74 Å². The number of unbranched alkanes of at least 4 members (excludes halogenated alkanes) is 1. The van der Waals surface area contributed by atoms with Crippen LogP contribution >= 0.6 is 0 Å². The van der Waals surface area contributed by atoms with Crippen molar-refractivity contribution in [2.75, 3.05) is 7.11 Å². The third kappa shape index (κ3) is 4.53. The van der Waals surface area contributed by atoms with Crippen LogP contribution in [0, 0.1) is 6.92 Å². The Balaban J connectivity index is 3.01. The van der Waals surface area contributed by atoms with Crippen LogP contribution in [0.5, 0.6) is 0 Å². The van der Waals surface area contributed by atoms with Gasteiger partial charge in [-0.2, -0.15) is 0 Å². The van der Waals surface area contributed by atoms with Crippen LogP contribution in [0.15, 0.2) is 52.5 Å². The molecule has 0 aliphatic carbocycles. The van der Waals surface area contributed by atoms with Crippen molar-refractivity contribution in [2.45, 2.75) is 38.0 Å². The van der Waals surface area contributed by atoms with E-state index < -0.39 is 9.84 Å². The van der Waals surface area contributed by atoms with E-state index >= 15 is 0 Å². The van der Waals surface area contributed by atoms with E-state index in [-0.39, 0.29) is 4.91 Å². The number of rotatable bonds is 7. The number of methoxy groups -OCH3 is 1. The third-order valence-electron chi connectivity index (χ3n) is 2.87. The molecule has 0 amide bonds. The van der Waals surface area contributed by atoms with Crippen LogP contribution in [-0.2, 0) is 14.6 Å². The second kappa shape index (κ2) is 7.90. The maximum atomic E-state index is 12.5. The lowest BCUT2D eigenvalue weighted by molar-refractivity contribution is 0.335. The van der Waals surface area contributed by atoms with Crippen molar-refractivity contribution in [3.8, 4) is 0 Å². The largest absolute Gasteiger partial charge is 0.503 e. The van der Waals surface area contributed by atoms with Gasteiger partial charge in [0.2, 0.25) is 9.84 Å². The molecular formula is C16H22O3S. The Kier molecular flexibility index (Phi) is 6.52. The molecule has 1 rings (SSSR count). The molecule has 0 unspecified atom stereocenters. The normalized spacial score (nSPS) is 12.8. The zero-order chi connectivity index (χ0) is 15.0.